The molecule has 0 radical (unpaired) electrons. The van der Waals surface area contributed by atoms with Crippen molar-refractivity contribution in [3.8, 4) is 0 Å². The largest absolute Gasteiger partial charge is 0.392 e. The second kappa shape index (κ2) is 7.20. The van der Waals surface area contributed by atoms with Crippen LogP contribution in [0.25, 0.3) is 0 Å². The number of anilines is 1. The lowest BCUT2D eigenvalue weighted by Gasteiger charge is -2.13. The Labute approximate surface area is 133 Å². The number of rotatable bonds is 6. The summed E-state index contributed by atoms with van der Waals surface area (Å²) >= 11 is 6.03. The minimum absolute atomic E-state index is 0.113. The molecule has 0 heterocycles. The van der Waals surface area contributed by atoms with E-state index in [0.717, 1.165) is 6.07 Å². The van der Waals surface area contributed by atoms with Gasteiger partial charge in [0.25, 0.3) is 0 Å². The highest BCUT2D eigenvalue weighted by Crippen LogP contribution is 2.26. The van der Waals surface area contributed by atoms with E-state index >= 15 is 0 Å². The number of hydrogen-bond acceptors (Lipinski definition) is 3. The number of carbonyl (C=O) groups excluding carboxylic acids is 1. The lowest BCUT2D eigenvalue weighted by atomic mass is 9.99. The molecular formula is C17H15ClFNO2. The van der Waals surface area contributed by atoms with E-state index in [1.54, 1.807) is 30.3 Å². The first-order valence-corrected chi connectivity index (χ1v) is 7.03. The Balaban J connectivity index is 2.52. The Morgan fingerprint density at radius 1 is 1.32 bits per heavy atom. The van der Waals surface area contributed by atoms with E-state index in [9.17, 15) is 9.18 Å². The zero-order valence-corrected chi connectivity index (χ0v) is 12.5. The van der Waals surface area contributed by atoms with Gasteiger partial charge in [-0.1, -0.05) is 29.8 Å². The fourth-order valence-corrected chi connectivity index (χ4v) is 2.27. The fourth-order valence-electron chi connectivity index (χ4n) is 2.05. The molecule has 0 aliphatic carbocycles. The van der Waals surface area contributed by atoms with Crippen LogP contribution in [0.2, 0.25) is 5.02 Å². The van der Waals surface area contributed by atoms with Gasteiger partial charge in [-0.25, -0.2) is 4.39 Å². The molecule has 2 aromatic rings. The maximum absolute atomic E-state index is 13.9. The van der Waals surface area contributed by atoms with Gasteiger partial charge in [-0.05, 0) is 24.3 Å². The van der Waals surface area contributed by atoms with Crippen LogP contribution >= 0.6 is 11.6 Å². The summed E-state index contributed by atoms with van der Waals surface area (Å²) in [4.78, 5) is 12.6. The number of hydrogen-bond donors (Lipinski definition) is 2. The average Bonchev–Trinajstić information content (AvgIpc) is 2.53. The van der Waals surface area contributed by atoms with Crippen LogP contribution in [0.5, 0.6) is 0 Å². The van der Waals surface area contributed by atoms with Crippen molar-refractivity contribution in [2.24, 2.45) is 0 Å². The lowest BCUT2D eigenvalue weighted by Crippen LogP contribution is -2.10. The molecule has 0 atom stereocenters. The monoisotopic (exact) mass is 319 g/mol. The van der Waals surface area contributed by atoms with E-state index in [2.05, 4.69) is 11.9 Å². The molecule has 3 nitrogen and oxygen atoms in total. The molecule has 0 fully saturated rings. The first-order valence-electron chi connectivity index (χ1n) is 6.65. The first-order chi connectivity index (χ1) is 10.6. The van der Waals surface area contributed by atoms with E-state index in [4.69, 9.17) is 16.7 Å². The molecule has 0 saturated heterocycles. The number of aliphatic hydroxyl groups is 1. The second-order valence-corrected chi connectivity index (χ2v) is 5.03. The van der Waals surface area contributed by atoms with Crippen molar-refractivity contribution in [1.82, 2.24) is 0 Å². The number of benzene rings is 2. The molecular weight excluding hydrogens is 305 g/mol. The topological polar surface area (TPSA) is 49.3 Å². The predicted octanol–water partition coefficient (Wildman–Crippen LogP) is 3.80. The third kappa shape index (κ3) is 3.35. The molecule has 0 spiro atoms. The van der Waals surface area contributed by atoms with Crippen LogP contribution in [0.4, 0.5) is 10.1 Å². The number of nitrogens with one attached hydrogen (secondary N) is 1. The van der Waals surface area contributed by atoms with Crippen molar-refractivity contribution in [3.63, 3.8) is 0 Å². The van der Waals surface area contributed by atoms with Crippen molar-refractivity contribution in [1.29, 1.82) is 0 Å². The van der Waals surface area contributed by atoms with Gasteiger partial charge >= 0.3 is 0 Å². The third-order valence-electron chi connectivity index (χ3n) is 3.16. The highest BCUT2D eigenvalue weighted by Gasteiger charge is 2.18. The Bertz CT molecular complexity index is 716. The average molecular weight is 320 g/mol. The Morgan fingerprint density at radius 2 is 2.05 bits per heavy atom. The summed E-state index contributed by atoms with van der Waals surface area (Å²) in [6.07, 6.45) is 1.62. The van der Waals surface area contributed by atoms with E-state index < -0.39 is 12.4 Å². The minimum atomic E-state index is -0.637. The van der Waals surface area contributed by atoms with Gasteiger partial charge in [0.15, 0.2) is 5.78 Å². The van der Waals surface area contributed by atoms with Gasteiger partial charge in [0.1, 0.15) is 5.82 Å². The highest BCUT2D eigenvalue weighted by atomic mass is 35.5. The third-order valence-corrected chi connectivity index (χ3v) is 3.49. The van der Waals surface area contributed by atoms with Crippen molar-refractivity contribution in [3.05, 3.63) is 76.6 Å². The van der Waals surface area contributed by atoms with Gasteiger partial charge in [0.05, 0.1) is 11.6 Å². The van der Waals surface area contributed by atoms with Crippen molar-refractivity contribution < 1.29 is 14.3 Å². The molecule has 0 unspecified atom stereocenters. The summed E-state index contributed by atoms with van der Waals surface area (Å²) in [6.45, 7) is 3.54. The summed E-state index contributed by atoms with van der Waals surface area (Å²) in [6, 6.07) is 9.12. The van der Waals surface area contributed by atoms with Gasteiger partial charge < -0.3 is 10.4 Å². The summed E-state index contributed by atoms with van der Waals surface area (Å²) in [5.41, 5.74) is 0.990. The van der Waals surface area contributed by atoms with Crippen LogP contribution in [-0.2, 0) is 6.61 Å². The predicted molar refractivity (Wildman–Crippen MR) is 85.9 cm³/mol. The van der Waals surface area contributed by atoms with Gasteiger partial charge in [-0.2, -0.15) is 0 Å². The van der Waals surface area contributed by atoms with Crippen molar-refractivity contribution in [2.75, 3.05) is 11.9 Å². The van der Waals surface area contributed by atoms with Crippen molar-refractivity contribution >= 4 is 23.1 Å². The molecule has 0 aliphatic heterocycles. The van der Waals surface area contributed by atoms with E-state index in [-0.39, 0.29) is 16.9 Å². The summed E-state index contributed by atoms with van der Waals surface area (Å²) < 4.78 is 13.9. The SMILES string of the molecule is C=CCNc1cc(CO)c(F)cc1C(=O)c1ccccc1Cl. The number of ketones is 1. The van der Waals surface area contributed by atoms with Crippen LogP contribution < -0.4 is 5.32 Å². The van der Waals surface area contributed by atoms with Gasteiger partial charge in [-0.15, -0.1) is 6.58 Å². The summed E-state index contributed by atoms with van der Waals surface area (Å²) in [5, 5.41) is 12.4. The van der Waals surface area contributed by atoms with Crippen LogP contribution in [0.15, 0.2) is 49.1 Å². The van der Waals surface area contributed by atoms with Crippen LogP contribution in [0, 0.1) is 5.82 Å². The normalized spacial score (nSPS) is 10.3. The molecule has 5 heteroatoms. The Hall–Kier alpha value is -2.17. The molecule has 0 aromatic heterocycles. The number of aliphatic hydroxyl groups excluding tert-OH is 1. The Kier molecular flexibility index (Phi) is 5.31. The first kappa shape index (κ1) is 16.2. The Morgan fingerprint density at radius 3 is 2.68 bits per heavy atom. The molecule has 2 aromatic carbocycles. The lowest BCUT2D eigenvalue weighted by molar-refractivity contribution is 0.103. The number of halogens is 2. The molecule has 2 N–H and O–H groups in total. The van der Waals surface area contributed by atoms with Crippen LogP contribution in [0.3, 0.4) is 0 Å². The number of carbonyl (C=O) groups is 1. The van der Waals surface area contributed by atoms with Gasteiger partial charge in [-0.3, -0.25) is 4.79 Å². The zero-order chi connectivity index (χ0) is 16.1. The van der Waals surface area contributed by atoms with Crippen LogP contribution in [0.1, 0.15) is 21.5 Å². The summed E-state index contributed by atoms with van der Waals surface area (Å²) in [5.74, 6) is -1.03. The van der Waals surface area contributed by atoms with E-state index in [0.29, 0.717) is 22.8 Å². The maximum atomic E-state index is 13.9. The van der Waals surface area contributed by atoms with E-state index in [1.165, 1.54) is 6.07 Å². The second-order valence-electron chi connectivity index (χ2n) is 4.63. The highest BCUT2D eigenvalue weighted by molar-refractivity contribution is 6.35. The van der Waals surface area contributed by atoms with Gasteiger partial charge in [0.2, 0.25) is 0 Å². The van der Waals surface area contributed by atoms with Gasteiger partial charge in [0, 0.05) is 28.9 Å². The standard InChI is InChI=1S/C17H15ClFNO2/c1-2-7-20-16-8-11(10-21)15(19)9-13(16)17(22)12-5-3-4-6-14(12)18/h2-6,8-9,20-21H,1,7,10H2. The zero-order valence-electron chi connectivity index (χ0n) is 11.8. The molecule has 0 bridgehead atoms. The summed E-state index contributed by atoms with van der Waals surface area (Å²) in [7, 11) is 0. The van der Waals surface area contributed by atoms with Crippen molar-refractivity contribution in [2.45, 2.75) is 6.61 Å². The quantitative estimate of drug-likeness (QED) is 0.629. The molecule has 0 saturated carbocycles. The smallest absolute Gasteiger partial charge is 0.196 e. The molecule has 0 aliphatic rings. The molecule has 22 heavy (non-hydrogen) atoms. The molecule has 2 rings (SSSR count). The minimum Gasteiger partial charge on any atom is -0.392 e. The van der Waals surface area contributed by atoms with Crippen LogP contribution in [-0.4, -0.2) is 17.4 Å². The molecule has 0 amide bonds. The maximum Gasteiger partial charge on any atom is 0.196 e. The molecule has 114 valence electrons. The van der Waals surface area contributed by atoms with E-state index in [1.807, 2.05) is 0 Å². The fraction of sp³-hybridized carbons (Fsp3) is 0.118.